The molecule has 32 heavy (non-hydrogen) atoms. The number of sulfonamides is 1. The van der Waals surface area contributed by atoms with Crippen LogP contribution in [0.25, 0.3) is 0 Å². The van der Waals surface area contributed by atoms with Gasteiger partial charge >= 0.3 is 5.97 Å². The highest BCUT2D eigenvalue weighted by Gasteiger charge is 2.20. The van der Waals surface area contributed by atoms with Crippen LogP contribution in [0.4, 0.5) is 10.1 Å². The Bertz CT molecular complexity index is 1260. The Kier molecular flexibility index (Phi) is 6.20. The molecule has 7 nitrogen and oxygen atoms in total. The van der Waals surface area contributed by atoms with Gasteiger partial charge in [-0.1, -0.05) is 17.7 Å². The lowest BCUT2D eigenvalue weighted by Crippen LogP contribution is -2.17. The maximum atomic E-state index is 13.1. The molecule has 0 amide bonds. The smallest absolute Gasteiger partial charge is 0.338 e. The lowest BCUT2D eigenvalue weighted by Gasteiger charge is -2.19. The third kappa shape index (κ3) is 4.95. The summed E-state index contributed by atoms with van der Waals surface area (Å²) < 4.78 is 56.9. The second-order valence-electron chi connectivity index (χ2n) is 6.80. The maximum absolute atomic E-state index is 13.1. The van der Waals surface area contributed by atoms with Crippen molar-refractivity contribution in [1.29, 1.82) is 0 Å². The summed E-state index contributed by atoms with van der Waals surface area (Å²) >= 11 is 5.92. The molecule has 1 heterocycles. The quantitative estimate of drug-likeness (QED) is 0.529. The van der Waals surface area contributed by atoms with Gasteiger partial charge in [-0.25, -0.2) is 17.6 Å². The van der Waals surface area contributed by atoms with Gasteiger partial charge < -0.3 is 14.2 Å². The molecule has 0 aliphatic carbocycles. The Balaban J connectivity index is 1.41. The van der Waals surface area contributed by atoms with Crippen LogP contribution in [-0.4, -0.2) is 27.6 Å². The first-order valence-electron chi connectivity index (χ1n) is 9.45. The number of esters is 1. The van der Waals surface area contributed by atoms with Gasteiger partial charge in [0.2, 0.25) is 0 Å². The second-order valence-corrected chi connectivity index (χ2v) is 8.89. The van der Waals surface area contributed by atoms with Crippen LogP contribution >= 0.6 is 11.6 Å². The highest BCUT2D eigenvalue weighted by Crippen LogP contribution is 2.32. The molecule has 166 valence electrons. The second kappa shape index (κ2) is 9.05. The van der Waals surface area contributed by atoms with E-state index in [4.69, 9.17) is 25.8 Å². The van der Waals surface area contributed by atoms with Crippen LogP contribution in [0, 0.1) is 5.82 Å². The number of ether oxygens (including phenoxy) is 3. The average molecular weight is 478 g/mol. The van der Waals surface area contributed by atoms with Gasteiger partial charge in [-0.15, -0.1) is 0 Å². The first-order valence-corrected chi connectivity index (χ1v) is 11.3. The van der Waals surface area contributed by atoms with E-state index in [2.05, 4.69) is 4.72 Å². The standard InChI is InChI=1S/C22H17ClFNO6S/c23-19-11-16(24)4-1-15(19)13-31-22(26)14-2-5-17(6-3-14)25-32(27,28)18-7-8-20-21(12-18)30-10-9-29-20/h1-8,11-12,25H,9-10,13H2. The zero-order valence-corrected chi connectivity index (χ0v) is 18.1. The minimum Gasteiger partial charge on any atom is -0.486 e. The predicted molar refractivity (Wildman–Crippen MR) is 115 cm³/mol. The van der Waals surface area contributed by atoms with Gasteiger partial charge in [0.1, 0.15) is 25.6 Å². The first kappa shape index (κ1) is 21.9. The van der Waals surface area contributed by atoms with Crippen molar-refractivity contribution in [3.05, 3.63) is 82.6 Å². The highest BCUT2D eigenvalue weighted by molar-refractivity contribution is 7.92. The van der Waals surface area contributed by atoms with Crippen molar-refractivity contribution in [3.8, 4) is 11.5 Å². The number of halogens is 2. The number of hydrogen-bond donors (Lipinski definition) is 1. The fraction of sp³-hybridized carbons (Fsp3) is 0.136. The molecule has 0 saturated carbocycles. The summed E-state index contributed by atoms with van der Waals surface area (Å²) in [5.74, 6) is -0.274. The number of carbonyl (C=O) groups is 1. The third-order valence-corrected chi connectivity index (χ3v) is 6.30. The molecule has 0 fully saturated rings. The van der Waals surface area contributed by atoms with E-state index in [0.29, 0.717) is 30.3 Å². The molecule has 4 rings (SSSR count). The molecular formula is C22H17ClFNO6S. The molecule has 3 aromatic carbocycles. The zero-order chi connectivity index (χ0) is 22.7. The van der Waals surface area contributed by atoms with Crippen LogP contribution < -0.4 is 14.2 Å². The van der Waals surface area contributed by atoms with E-state index in [1.54, 1.807) is 0 Å². The number of nitrogens with one attached hydrogen (secondary N) is 1. The van der Waals surface area contributed by atoms with Crippen molar-refractivity contribution < 1.29 is 31.8 Å². The number of fused-ring (bicyclic) bond motifs is 1. The molecule has 0 spiro atoms. The molecule has 0 aromatic heterocycles. The van der Waals surface area contributed by atoms with Gasteiger partial charge in [0.15, 0.2) is 11.5 Å². The number of hydrogen-bond acceptors (Lipinski definition) is 6. The van der Waals surface area contributed by atoms with Crippen LogP contribution in [0.15, 0.2) is 65.6 Å². The summed E-state index contributed by atoms with van der Waals surface area (Å²) in [5, 5.41) is 0.154. The van der Waals surface area contributed by atoms with E-state index in [9.17, 15) is 17.6 Å². The number of benzene rings is 3. The van der Waals surface area contributed by atoms with Gasteiger partial charge in [-0.3, -0.25) is 4.72 Å². The highest BCUT2D eigenvalue weighted by atomic mass is 35.5. The summed E-state index contributed by atoms with van der Waals surface area (Å²) in [4.78, 5) is 12.3. The summed E-state index contributed by atoms with van der Waals surface area (Å²) in [6, 6.07) is 13.9. The average Bonchev–Trinajstić information content (AvgIpc) is 2.78. The van der Waals surface area contributed by atoms with Crippen LogP contribution in [0.5, 0.6) is 11.5 Å². The molecule has 0 atom stereocenters. The lowest BCUT2D eigenvalue weighted by atomic mass is 10.2. The molecule has 0 radical (unpaired) electrons. The molecule has 0 unspecified atom stereocenters. The Labute approximate surface area is 188 Å². The Morgan fingerprint density at radius 2 is 1.72 bits per heavy atom. The maximum Gasteiger partial charge on any atom is 0.338 e. The van der Waals surface area contributed by atoms with Gasteiger partial charge in [-0.05, 0) is 48.5 Å². The molecule has 1 N–H and O–H groups in total. The van der Waals surface area contributed by atoms with Gasteiger partial charge in [-0.2, -0.15) is 0 Å². The van der Waals surface area contributed by atoms with E-state index in [0.717, 1.165) is 6.07 Å². The van der Waals surface area contributed by atoms with Gasteiger partial charge in [0.05, 0.1) is 15.5 Å². The van der Waals surface area contributed by atoms with E-state index >= 15 is 0 Å². The largest absolute Gasteiger partial charge is 0.486 e. The van der Waals surface area contributed by atoms with E-state index in [1.807, 2.05) is 0 Å². The molecule has 0 saturated heterocycles. The summed E-state index contributed by atoms with van der Waals surface area (Å²) in [6.45, 7) is 0.619. The SMILES string of the molecule is O=C(OCc1ccc(F)cc1Cl)c1ccc(NS(=O)(=O)c2ccc3c(c2)OCCO3)cc1. The molecule has 0 bridgehead atoms. The fourth-order valence-electron chi connectivity index (χ4n) is 2.94. The van der Waals surface area contributed by atoms with Gasteiger partial charge in [0.25, 0.3) is 10.0 Å². The Morgan fingerprint density at radius 3 is 2.44 bits per heavy atom. The first-order chi connectivity index (χ1) is 15.3. The fourth-order valence-corrected chi connectivity index (χ4v) is 4.24. The van der Waals surface area contributed by atoms with Crippen molar-refractivity contribution in [3.63, 3.8) is 0 Å². The zero-order valence-electron chi connectivity index (χ0n) is 16.5. The summed E-state index contributed by atoms with van der Waals surface area (Å²) in [7, 11) is -3.88. The molecular weight excluding hydrogens is 461 g/mol. The van der Waals surface area contributed by atoms with E-state index < -0.39 is 21.8 Å². The van der Waals surface area contributed by atoms with Crippen LogP contribution in [0.1, 0.15) is 15.9 Å². The summed E-state index contributed by atoms with van der Waals surface area (Å²) in [5.41, 5.74) is 0.939. The van der Waals surface area contributed by atoms with Crippen molar-refractivity contribution in [2.45, 2.75) is 11.5 Å². The molecule has 1 aliphatic heterocycles. The van der Waals surface area contributed by atoms with Crippen molar-refractivity contribution in [1.82, 2.24) is 0 Å². The monoisotopic (exact) mass is 477 g/mol. The predicted octanol–water partition coefficient (Wildman–Crippen LogP) is 4.41. The summed E-state index contributed by atoms with van der Waals surface area (Å²) in [6.07, 6.45) is 0. The lowest BCUT2D eigenvalue weighted by molar-refractivity contribution is 0.0473. The van der Waals surface area contributed by atoms with E-state index in [-0.39, 0.29) is 27.8 Å². The van der Waals surface area contributed by atoms with Crippen LogP contribution in [-0.2, 0) is 21.4 Å². The Hall–Kier alpha value is -3.30. The van der Waals surface area contributed by atoms with Gasteiger partial charge in [0, 0.05) is 17.3 Å². The molecule has 1 aliphatic rings. The molecule has 3 aromatic rings. The minimum absolute atomic E-state index is 0.0152. The van der Waals surface area contributed by atoms with Crippen molar-refractivity contribution >= 4 is 33.3 Å². The Morgan fingerprint density at radius 1 is 1.00 bits per heavy atom. The third-order valence-electron chi connectivity index (χ3n) is 4.57. The number of anilines is 1. The van der Waals surface area contributed by atoms with Crippen molar-refractivity contribution in [2.24, 2.45) is 0 Å². The van der Waals surface area contributed by atoms with Crippen molar-refractivity contribution in [2.75, 3.05) is 17.9 Å². The normalized spacial score (nSPS) is 12.8. The molecule has 10 heteroatoms. The topological polar surface area (TPSA) is 90.9 Å². The van der Waals surface area contributed by atoms with Crippen LogP contribution in [0.3, 0.4) is 0 Å². The number of carbonyl (C=O) groups excluding carboxylic acids is 1. The van der Waals surface area contributed by atoms with Crippen LogP contribution in [0.2, 0.25) is 5.02 Å². The number of rotatable bonds is 6. The van der Waals surface area contributed by atoms with E-state index in [1.165, 1.54) is 54.6 Å². The minimum atomic E-state index is -3.88.